The van der Waals surface area contributed by atoms with Gasteiger partial charge in [-0.05, 0) is 60.7 Å². The molecule has 0 fully saturated rings. The molecule has 1 aliphatic carbocycles. The van der Waals surface area contributed by atoms with E-state index in [4.69, 9.17) is 14.4 Å². The average molecular weight is 409 g/mol. The van der Waals surface area contributed by atoms with Crippen molar-refractivity contribution in [3.63, 3.8) is 0 Å². The molecule has 0 aliphatic heterocycles. The molecule has 1 aliphatic rings. The number of aryl methyl sites for hydroxylation is 1. The number of nitrogens with one attached hydrogen (secondary N) is 1. The monoisotopic (exact) mass is 409 g/mol. The molecule has 6 rings (SSSR count). The number of hydrogen-bond acceptors (Lipinski definition) is 5. The largest absolute Gasteiger partial charge is 0.443 e. The van der Waals surface area contributed by atoms with Crippen molar-refractivity contribution in [1.29, 1.82) is 0 Å². The number of H-pyrrole nitrogens is 1. The van der Waals surface area contributed by atoms with Gasteiger partial charge in [-0.15, -0.1) is 0 Å². The van der Waals surface area contributed by atoms with E-state index in [-0.39, 0.29) is 6.04 Å². The SMILES string of the molecule is c1cnc2c(c1)CCCC2N(Cc1ccc2ocnc2c1)Cc1nc2ccccc2[nH]1. The lowest BCUT2D eigenvalue weighted by atomic mass is 9.90. The molecule has 0 saturated heterocycles. The van der Waals surface area contributed by atoms with Gasteiger partial charge in [0.25, 0.3) is 0 Å². The predicted octanol–water partition coefficient (Wildman–Crippen LogP) is 5.18. The van der Waals surface area contributed by atoms with Crippen molar-refractivity contribution in [2.75, 3.05) is 0 Å². The van der Waals surface area contributed by atoms with Crippen molar-refractivity contribution in [2.24, 2.45) is 0 Å². The Kier molecular flexibility index (Phi) is 4.50. The maximum absolute atomic E-state index is 5.42. The number of hydrogen-bond donors (Lipinski definition) is 1. The Hall–Kier alpha value is -3.51. The smallest absolute Gasteiger partial charge is 0.181 e. The van der Waals surface area contributed by atoms with Gasteiger partial charge in [0.15, 0.2) is 12.0 Å². The second-order valence-corrected chi connectivity index (χ2v) is 8.22. The minimum absolute atomic E-state index is 0.256. The van der Waals surface area contributed by atoms with Crippen LogP contribution in [0.3, 0.4) is 0 Å². The second kappa shape index (κ2) is 7.63. The summed E-state index contributed by atoms with van der Waals surface area (Å²) in [5, 5.41) is 0. The number of pyridine rings is 1. The number of benzene rings is 2. The van der Waals surface area contributed by atoms with Crippen molar-refractivity contribution in [2.45, 2.75) is 38.4 Å². The van der Waals surface area contributed by atoms with Crippen LogP contribution in [0.4, 0.5) is 0 Å². The lowest BCUT2D eigenvalue weighted by Crippen LogP contribution is -2.31. The molecule has 3 aromatic heterocycles. The van der Waals surface area contributed by atoms with Gasteiger partial charge >= 0.3 is 0 Å². The Morgan fingerprint density at radius 1 is 1.00 bits per heavy atom. The number of aromatic amines is 1. The molecule has 1 N–H and O–H groups in total. The Morgan fingerprint density at radius 3 is 2.94 bits per heavy atom. The zero-order chi connectivity index (χ0) is 20.6. The predicted molar refractivity (Wildman–Crippen MR) is 119 cm³/mol. The number of rotatable bonds is 5. The van der Waals surface area contributed by atoms with E-state index < -0.39 is 0 Å². The van der Waals surface area contributed by atoms with Crippen LogP contribution in [0, 0.1) is 0 Å². The second-order valence-electron chi connectivity index (χ2n) is 8.22. The lowest BCUT2D eigenvalue weighted by Gasteiger charge is -2.34. The van der Waals surface area contributed by atoms with Gasteiger partial charge < -0.3 is 9.40 Å². The molecule has 1 unspecified atom stereocenters. The molecule has 2 aromatic carbocycles. The van der Waals surface area contributed by atoms with Crippen LogP contribution >= 0.6 is 0 Å². The van der Waals surface area contributed by atoms with Gasteiger partial charge in [0.1, 0.15) is 11.3 Å². The fourth-order valence-corrected chi connectivity index (χ4v) is 4.73. The molecule has 6 nitrogen and oxygen atoms in total. The van der Waals surface area contributed by atoms with Crippen LogP contribution < -0.4 is 0 Å². The highest BCUT2D eigenvalue weighted by Gasteiger charge is 2.28. The van der Waals surface area contributed by atoms with E-state index >= 15 is 0 Å². The van der Waals surface area contributed by atoms with Crippen molar-refractivity contribution in [1.82, 2.24) is 24.8 Å². The zero-order valence-electron chi connectivity index (χ0n) is 17.2. The quantitative estimate of drug-likeness (QED) is 0.433. The topological polar surface area (TPSA) is 70.8 Å². The molecule has 0 saturated carbocycles. The van der Waals surface area contributed by atoms with Gasteiger partial charge in [-0.3, -0.25) is 9.88 Å². The van der Waals surface area contributed by atoms with Crippen molar-refractivity contribution in [3.8, 4) is 0 Å². The summed E-state index contributed by atoms with van der Waals surface area (Å²) < 4.78 is 5.42. The molecule has 1 atom stereocenters. The van der Waals surface area contributed by atoms with E-state index in [2.05, 4.69) is 45.2 Å². The van der Waals surface area contributed by atoms with E-state index in [1.54, 1.807) is 0 Å². The maximum Gasteiger partial charge on any atom is 0.181 e. The molecule has 0 bridgehead atoms. The summed E-state index contributed by atoms with van der Waals surface area (Å²) in [7, 11) is 0. The lowest BCUT2D eigenvalue weighted by molar-refractivity contribution is 0.153. The summed E-state index contributed by atoms with van der Waals surface area (Å²) in [4.78, 5) is 20.0. The number of imidazole rings is 1. The minimum atomic E-state index is 0.256. The number of fused-ring (bicyclic) bond motifs is 3. The van der Waals surface area contributed by atoms with Gasteiger partial charge in [-0.1, -0.05) is 24.3 Å². The van der Waals surface area contributed by atoms with E-state index in [0.29, 0.717) is 0 Å². The maximum atomic E-state index is 5.42. The standard InChI is InChI=1S/C25H23N5O/c1-2-8-20-19(7-1)28-24(29-20)15-30(14-17-10-11-23-21(13-17)27-16-31-23)22-9-3-5-18-6-4-12-26-25(18)22/h1-2,4,6-8,10-13,16,22H,3,5,9,14-15H2,(H,28,29). The van der Waals surface area contributed by atoms with Gasteiger partial charge in [0.05, 0.1) is 29.3 Å². The highest BCUT2D eigenvalue weighted by atomic mass is 16.3. The van der Waals surface area contributed by atoms with E-state index in [9.17, 15) is 0 Å². The van der Waals surface area contributed by atoms with Crippen molar-refractivity contribution in [3.05, 3.63) is 89.8 Å². The van der Waals surface area contributed by atoms with Crippen LogP contribution in [0.2, 0.25) is 0 Å². The van der Waals surface area contributed by atoms with E-state index in [0.717, 1.165) is 53.9 Å². The van der Waals surface area contributed by atoms with Gasteiger partial charge in [-0.25, -0.2) is 9.97 Å². The zero-order valence-corrected chi connectivity index (χ0v) is 17.2. The third-order valence-corrected chi connectivity index (χ3v) is 6.18. The van der Waals surface area contributed by atoms with Crippen LogP contribution in [0.15, 0.2) is 71.6 Å². The van der Waals surface area contributed by atoms with Gasteiger partial charge in [0, 0.05) is 12.7 Å². The normalized spacial score (nSPS) is 16.2. The van der Waals surface area contributed by atoms with Crippen LogP contribution in [0.25, 0.3) is 22.1 Å². The number of oxazole rings is 1. The van der Waals surface area contributed by atoms with E-state index in [1.807, 2.05) is 30.5 Å². The van der Waals surface area contributed by atoms with Crippen molar-refractivity contribution < 1.29 is 4.42 Å². The van der Waals surface area contributed by atoms with Gasteiger partial charge in [-0.2, -0.15) is 0 Å². The van der Waals surface area contributed by atoms with Crippen LogP contribution in [0.5, 0.6) is 0 Å². The molecule has 31 heavy (non-hydrogen) atoms. The Morgan fingerprint density at radius 2 is 1.97 bits per heavy atom. The van der Waals surface area contributed by atoms with Crippen LogP contribution in [-0.4, -0.2) is 24.8 Å². The Balaban J connectivity index is 1.37. The molecule has 154 valence electrons. The summed E-state index contributed by atoms with van der Waals surface area (Å²) in [6.07, 6.45) is 6.78. The van der Waals surface area contributed by atoms with Gasteiger partial charge in [0.2, 0.25) is 0 Å². The number of aromatic nitrogens is 4. The molecular weight excluding hydrogens is 386 g/mol. The highest BCUT2D eigenvalue weighted by Crippen LogP contribution is 2.35. The summed E-state index contributed by atoms with van der Waals surface area (Å²) in [6.45, 7) is 1.52. The first kappa shape index (κ1) is 18.3. The van der Waals surface area contributed by atoms with Crippen LogP contribution in [0.1, 0.15) is 41.5 Å². The average Bonchev–Trinajstić information content (AvgIpc) is 3.44. The molecule has 0 spiro atoms. The Labute approximate surface area is 180 Å². The molecule has 0 amide bonds. The molecule has 3 heterocycles. The summed E-state index contributed by atoms with van der Waals surface area (Å²) in [5.74, 6) is 0.978. The van der Waals surface area contributed by atoms with E-state index in [1.165, 1.54) is 29.6 Å². The molecular formula is C25H23N5O. The third kappa shape index (κ3) is 3.49. The first-order valence-electron chi connectivity index (χ1n) is 10.8. The van der Waals surface area contributed by atoms with Crippen LogP contribution in [-0.2, 0) is 19.5 Å². The minimum Gasteiger partial charge on any atom is -0.443 e. The number of nitrogens with zero attached hydrogens (tertiary/aromatic N) is 4. The molecule has 6 heteroatoms. The highest BCUT2D eigenvalue weighted by molar-refractivity contribution is 5.74. The third-order valence-electron chi connectivity index (χ3n) is 6.18. The summed E-state index contributed by atoms with van der Waals surface area (Å²) in [6, 6.07) is 19.0. The summed E-state index contributed by atoms with van der Waals surface area (Å²) in [5.41, 5.74) is 7.56. The summed E-state index contributed by atoms with van der Waals surface area (Å²) >= 11 is 0. The fourth-order valence-electron chi connectivity index (χ4n) is 4.73. The first-order valence-corrected chi connectivity index (χ1v) is 10.8. The molecule has 0 radical (unpaired) electrons. The Bertz CT molecular complexity index is 1320. The molecule has 5 aromatic rings. The number of para-hydroxylation sites is 2. The van der Waals surface area contributed by atoms with Crippen molar-refractivity contribution >= 4 is 22.1 Å². The first-order chi connectivity index (χ1) is 15.3. The fraction of sp³-hybridized carbons (Fsp3) is 0.240.